The lowest BCUT2D eigenvalue weighted by Crippen LogP contribution is -2.34. The van der Waals surface area contributed by atoms with Gasteiger partial charge in [0.15, 0.2) is 0 Å². The monoisotopic (exact) mass is 295 g/mol. The average Bonchev–Trinajstić information content (AvgIpc) is 3.13. The Morgan fingerprint density at radius 2 is 1.73 bits per heavy atom. The van der Waals surface area contributed by atoms with Crippen molar-refractivity contribution in [3.63, 3.8) is 0 Å². The lowest BCUT2D eigenvalue weighted by atomic mass is 9.85. The Labute approximate surface area is 128 Å². The highest BCUT2D eigenvalue weighted by Gasteiger charge is 2.73. The van der Waals surface area contributed by atoms with Crippen molar-refractivity contribution in [1.29, 1.82) is 0 Å². The third-order valence-corrected chi connectivity index (χ3v) is 6.16. The van der Waals surface area contributed by atoms with Crippen molar-refractivity contribution in [1.82, 2.24) is 0 Å². The molecule has 1 aliphatic heterocycles. The molecular formula is C18H17NO3. The number of fused-ring (bicyclic) bond motifs is 3. The van der Waals surface area contributed by atoms with Crippen molar-refractivity contribution in [2.45, 2.75) is 12.8 Å². The van der Waals surface area contributed by atoms with Gasteiger partial charge in [-0.15, -0.1) is 0 Å². The Morgan fingerprint density at radius 3 is 2.27 bits per heavy atom. The van der Waals surface area contributed by atoms with Gasteiger partial charge in [-0.2, -0.15) is 0 Å². The molecule has 1 saturated heterocycles. The lowest BCUT2D eigenvalue weighted by molar-refractivity contribution is -0.123. The number of nitrogens with zero attached hydrogens (tertiary/aromatic N) is 1. The minimum Gasteiger partial charge on any atom is -0.497 e. The predicted octanol–water partition coefficient (Wildman–Crippen LogP) is 2.40. The van der Waals surface area contributed by atoms with Crippen LogP contribution in [0, 0.1) is 29.1 Å². The molecule has 1 aromatic rings. The lowest BCUT2D eigenvalue weighted by Gasteiger charge is -2.22. The number of rotatable bonds is 2. The van der Waals surface area contributed by atoms with Gasteiger partial charge in [0.1, 0.15) is 5.75 Å². The van der Waals surface area contributed by atoms with Gasteiger partial charge in [-0.05, 0) is 42.2 Å². The maximum Gasteiger partial charge on any atom is 0.238 e. The summed E-state index contributed by atoms with van der Waals surface area (Å²) in [5.74, 6) is 0.879. The van der Waals surface area contributed by atoms with Crippen LogP contribution in [0.15, 0.2) is 36.4 Å². The van der Waals surface area contributed by atoms with Crippen molar-refractivity contribution in [2.75, 3.05) is 12.0 Å². The molecule has 0 aromatic heterocycles. The maximum absolute atomic E-state index is 12.9. The Kier molecular flexibility index (Phi) is 2.15. The van der Waals surface area contributed by atoms with E-state index < -0.39 is 0 Å². The Hall–Kier alpha value is -2.10. The molecule has 4 heteroatoms. The second kappa shape index (κ2) is 3.80. The average molecular weight is 295 g/mol. The zero-order valence-electron chi connectivity index (χ0n) is 12.4. The molecule has 0 unspecified atom stereocenters. The van der Waals surface area contributed by atoms with Crippen molar-refractivity contribution in [2.24, 2.45) is 29.1 Å². The summed E-state index contributed by atoms with van der Waals surface area (Å²) in [5.41, 5.74) is 0.884. The number of imide groups is 1. The summed E-state index contributed by atoms with van der Waals surface area (Å²) in [6.45, 7) is 0. The first-order chi connectivity index (χ1) is 10.7. The zero-order valence-corrected chi connectivity index (χ0v) is 12.4. The molecule has 4 aliphatic rings. The van der Waals surface area contributed by atoms with E-state index in [0.717, 1.165) is 0 Å². The highest BCUT2D eigenvalue weighted by Crippen LogP contribution is 2.73. The number of hydrogen-bond donors (Lipinski definition) is 0. The SMILES string of the molecule is COc1cccc(N2C(=O)[C@@H]3[C@H](C2=O)[C@H]2C=C[C@H]3C23CC3)c1. The van der Waals surface area contributed by atoms with Crippen molar-refractivity contribution in [3.05, 3.63) is 36.4 Å². The zero-order chi connectivity index (χ0) is 15.1. The van der Waals surface area contributed by atoms with Crippen molar-refractivity contribution in [3.8, 4) is 5.75 Å². The van der Waals surface area contributed by atoms with Crippen LogP contribution in [-0.4, -0.2) is 18.9 Å². The van der Waals surface area contributed by atoms with Crippen LogP contribution in [0.1, 0.15) is 12.8 Å². The molecule has 2 saturated carbocycles. The quantitative estimate of drug-likeness (QED) is 0.622. The van der Waals surface area contributed by atoms with Crippen molar-refractivity contribution >= 4 is 17.5 Å². The molecule has 4 nitrogen and oxygen atoms in total. The second-order valence-electron chi connectivity index (χ2n) is 6.93. The van der Waals surface area contributed by atoms with E-state index in [1.165, 1.54) is 17.7 Å². The van der Waals surface area contributed by atoms with E-state index in [4.69, 9.17) is 4.74 Å². The van der Waals surface area contributed by atoms with Crippen LogP contribution in [0.4, 0.5) is 5.69 Å². The molecule has 0 N–H and O–H groups in total. The van der Waals surface area contributed by atoms with Crippen LogP contribution in [0.2, 0.25) is 0 Å². The summed E-state index contributed by atoms with van der Waals surface area (Å²) in [7, 11) is 1.59. The van der Waals surface area contributed by atoms with Crippen LogP contribution in [-0.2, 0) is 9.59 Å². The topological polar surface area (TPSA) is 46.6 Å². The number of carbonyl (C=O) groups is 2. The van der Waals surface area contributed by atoms with E-state index >= 15 is 0 Å². The summed E-state index contributed by atoms with van der Waals surface area (Å²) < 4.78 is 5.21. The molecular weight excluding hydrogens is 278 g/mol. The van der Waals surface area contributed by atoms with Crippen LogP contribution in [0.25, 0.3) is 0 Å². The number of methoxy groups -OCH3 is 1. The number of anilines is 1. The molecule has 1 spiro atoms. The number of benzene rings is 1. The second-order valence-corrected chi connectivity index (χ2v) is 6.93. The van der Waals surface area contributed by atoms with Gasteiger partial charge in [-0.1, -0.05) is 18.2 Å². The molecule has 0 radical (unpaired) electrons. The minimum atomic E-state index is -0.142. The summed E-state index contributed by atoms with van der Waals surface area (Å²) >= 11 is 0. The Morgan fingerprint density at radius 1 is 1.09 bits per heavy atom. The standard InChI is InChI=1S/C18H17NO3/c1-22-11-4-2-3-10(9-11)19-16(20)14-12-5-6-13(15(14)17(19)21)18(12)7-8-18/h2-6,9,12-15H,7-8H2,1H3/t12-,13-,14-,15+/m1/s1. The fraction of sp³-hybridized carbons (Fsp3) is 0.444. The minimum absolute atomic E-state index is 0.0219. The molecule has 2 amide bonds. The van der Waals surface area contributed by atoms with E-state index in [9.17, 15) is 9.59 Å². The number of amides is 2. The normalized spacial score (nSPS) is 36.3. The van der Waals surface area contributed by atoms with Crippen LogP contribution in [0.3, 0.4) is 0 Å². The summed E-state index contributed by atoms with van der Waals surface area (Å²) in [6.07, 6.45) is 6.72. The third-order valence-electron chi connectivity index (χ3n) is 6.16. The van der Waals surface area contributed by atoms with Crippen LogP contribution >= 0.6 is 0 Å². The summed E-state index contributed by atoms with van der Waals surface area (Å²) in [6, 6.07) is 7.21. The smallest absolute Gasteiger partial charge is 0.238 e. The predicted molar refractivity (Wildman–Crippen MR) is 80.3 cm³/mol. The molecule has 3 aliphatic carbocycles. The van der Waals surface area contributed by atoms with E-state index in [1.807, 2.05) is 18.2 Å². The first-order valence-electron chi connectivity index (χ1n) is 7.87. The molecule has 3 fully saturated rings. The molecule has 5 rings (SSSR count). The number of carbonyl (C=O) groups excluding carboxylic acids is 2. The molecule has 1 aromatic carbocycles. The highest BCUT2D eigenvalue weighted by atomic mass is 16.5. The third kappa shape index (κ3) is 1.25. The van der Waals surface area contributed by atoms with E-state index in [1.54, 1.807) is 13.2 Å². The molecule has 2 bridgehead atoms. The number of ether oxygens (including phenoxy) is 1. The molecule has 4 atom stereocenters. The Balaban J connectivity index is 1.56. The van der Waals surface area contributed by atoms with E-state index in [-0.39, 0.29) is 40.9 Å². The van der Waals surface area contributed by atoms with Gasteiger partial charge in [0.2, 0.25) is 11.8 Å². The van der Waals surface area contributed by atoms with E-state index in [0.29, 0.717) is 11.4 Å². The molecule has 1 heterocycles. The van der Waals surface area contributed by atoms with Crippen molar-refractivity contribution < 1.29 is 14.3 Å². The molecule has 112 valence electrons. The van der Waals surface area contributed by atoms with E-state index in [2.05, 4.69) is 12.2 Å². The van der Waals surface area contributed by atoms with Crippen LogP contribution < -0.4 is 9.64 Å². The molecule has 22 heavy (non-hydrogen) atoms. The van der Waals surface area contributed by atoms with Gasteiger partial charge in [0, 0.05) is 6.07 Å². The highest BCUT2D eigenvalue weighted by molar-refractivity contribution is 6.23. The number of hydrogen-bond acceptors (Lipinski definition) is 3. The van der Waals surface area contributed by atoms with Gasteiger partial charge in [-0.3, -0.25) is 9.59 Å². The summed E-state index contributed by atoms with van der Waals surface area (Å²) in [4.78, 5) is 27.3. The van der Waals surface area contributed by atoms with Gasteiger partial charge in [0.05, 0.1) is 24.6 Å². The van der Waals surface area contributed by atoms with Gasteiger partial charge >= 0.3 is 0 Å². The summed E-state index contributed by atoms with van der Waals surface area (Å²) in [5, 5.41) is 0. The first kappa shape index (κ1) is 12.4. The maximum atomic E-state index is 12.9. The fourth-order valence-corrected chi connectivity index (χ4v) is 5.08. The largest absolute Gasteiger partial charge is 0.497 e. The van der Waals surface area contributed by atoms with Crippen LogP contribution in [0.5, 0.6) is 5.75 Å². The van der Waals surface area contributed by atoms with Gasteiger partial charge < -0.3 is 4.74 Å². The Bertz CT molecular complexity index is 700. The number of allylic oxidation sites excluding steroid dienone is 2. The van der Waals surface area contributed by atoms with Gasteiger partial charge in [0.25, 0.3) is 0 Å². The fourth-order valence-electron chi connectivity index (χ4n) is 5.08. The van der Waals surface area contributed by atoms with Gasteiger partial charge in [-0.25, -0.2) is 4.90 Å². The first-order valence-corrected chi connectivity index (χ1v) is 7.87.